The van der Waals surface area contributed by atoms with E-state index in [1.807, 2.05) is 13.8 Å². The van der Waals surface area contributed by atoms with Gasteiger partial charge in [0.05, 0.1) is 10.6 Å². The number of ketones is 1. The van der Waals surface area contributed by atoms with Crippen LogP contribution >= 0.6 is 11.3 Å². The van der Waals surface area contributed by atoms with Crippen molar-refractivity contribution >= 4 is 17.1 Å². The van der Waals surface area contributed by atoms with Crippen LogP contribution in [0.3, 0.4) is 0 Å². The fourth-order valence-corrected chi connectivity index (χ4v) is 3.67. The van der Waals surface area contributed by atoms with Gasteiger partial charge in [-0.05, 0) is 17.9 Å². The van der Waals surface area contributed by atoms with E-state index in [1.54, 1.807) is 12.1 Å². The number of Topliss-reactive ketones (excluding diaryl/α,β-unsaturated/α-hetero) is 1. The third-order valence-electron chi connectivity index (χ3n) is 3.62. The molecule has 2 aromatic rings. The number of benzene rings is 1. The Morgan fingerprint density at radius 2 is 2.05 bits per heavy atom. The maximum atomic E-state index is 12.8. The van der Waals surface area contributed by atoms with Gasteiger partial charge >= 0.3 is 0 Å². The van der Waals surface area contributed by atoms with Crippen molar-refractivity contribution in [2.75, 3.05) is 0 Å². The average Bonchev–Trinajstić information content (AvgIpc) is 2.81. The topological polar surface area (TPSA) is 30.0 Å². The summed E-state index contributed by atoms with van der Waals surface area (Å²) in [7, 11) is 0. The molecule has 0 amide bonds. The maximum absolute atomic E-state index is 12.8. The number of aromatic nitrogens is 1. The lowest BCUT2D eigenvalue weighted by Crippen LogP contribution is -2.25. The predicted octanol–water partition coefficient (Wildman–Crippen LogP) is 4.90. The molecule has 110 valence electrons. The first kappa shape index (κ1) is 14.3. The Hall–Kier alpha value is -1.62. The number of carbonyl (C=O) groups is 1. The smallest absolute Gasteiger partial charge is 0.263 e. The highest BCUT2D eigenvalue weighted by Gasteiger charge is 2.34. The molecule has 0 unspecified atom stereocenters. The summed E-state index contributed by atoms with van der Waals surface area (Å²) in [5.74, 6) is 0.106. The van der Waals surface area contributed by atoms with Gasteiger partial charge in [0.2, 0.25) is 0 Å². The lowest BCUT2D eigenvalue weighted by Gasteiger charge is -2.26. The first-order valence-corrected chi connectivity index (χ1v) is 7.59. The average molecular weight is 307 g/mol. The summed E-state index contributed by atoms with van der Waals surface area (Å²) < 4.78 is 25.6. The number of halogens is 2. The highest BCUT2D eigenvalue weighted by Crippen LogP contribution is 2.39. The lowest BCUT2D eigenvalue weighted by atomic mass is 9.78. The van der Waals surface area contributed by atoms with E-state index in [0.717, 1.165) is 12.1 Å². The number of fused-ring (bicyclic) bond motifs is 1. The Balaban J connectivity index is 2.02. The molecule has 5 heteroatoms. The summed E-state index contributed by atoms with van der Waals surface area (Å²) in [6.45, 7) is 4.09. The summed E-state index contributed by atoms with van der Waals surface area (Å²) in [6, 6.07) is 6.20. The highest BCUT2D eigenvalue weighted by molar-refractivity contribution is 7.17. The van der Waals surface area contributed by atoms with Crippen molar-refractivity contribution in [2.24, 2.45) is 5.41 Å². The Kier molecular flexibility index (Phi) is 3.40. The van der Waals surface area contributed by atoms with Gasteiger partial charge < -0.3 is 0 Å². The van der Waals surface area contributed by atoms with Gasteiger partial charge in [-0.25, -0.2) is 13.8 Å². The summed E-state index contributed by atoms with van der Waals surface area (Å²) in [6.07, 6.45) is -1.24. The molecule has 0 atom stereocenters. The molecular weight excluding hydrogens is 292 g/mol. The third kappa shape index (κ3) is 2.75. The highest BCUT2D eigenvalue weighted by atomic mass is 32.1. The van der Waals surface area contributed by atoms with Crippen LogP contribution in [-0.4, -0.2) is 10.8 Å². The van der Waals surface area contributed by atoms with Crippen LogP contribution in [0, 0.1) is 5.41 Å². The Bertz CT molecular complexity index is 706. The van der Waals surface area contributed by atoms with Gasteiger partial charge in [-0.3, -0.25) is 4.79 Å². The molecule has 0 fully saturated rings. The van der Waals surface area contributed by atoms with Crippen LogP contribution in [0.15, 0.2) is 24.3 Å². The molecule has 0 spiro atoms. The number of hydrogen-bond donors (Lipinski definition) is 0. The second-order valence-corrected chi connectivity index (χ2v) is 7.16. The Labute approximate surface area is 125 Å². The van der Waals surface area contributed by atoms with E-state index in [2.05, 4.69) is 4.98 Å². The largest absolute Gasteiger partial charge is 0.293 e. The van der Waals surface area contributed by atoms with Gasteiger partial charge in [0.25, 0.3) is 6.43 Å². The van der Waals surface area contributed by atoms with E-state index in [-0.39, 0.29) is 16.8 Å². The van der Waals surface area contributed by atoms with Crippen molar-refractivity contribution in [2.45, 2.75) is 33.1 Å². The van der Waals surface area contributed by atoms with Crippen LogP contribution in [0.25, 0.3) is 10.6 Å². The minimum Gasteiger partial charge on any atom is -0.293 e. The normalized spacial score (nSPS) is 17.1. The lowest BCUT2D eigenvalue weighted by molar-refractivity contribution is 0.0916. The van der Waals surface area contributed by atoms with Crippen LogP contribution < -0.4 is 0 Å². The van der Waals surface area contributed by atoms with Gasteiger partial charge in [-0.1, -0.05) is 32.0 Å². The van der Waals surface area contributed by atoms with Gasteiger partial charge in [-0.15, -0.1) is 11.3 Å². The number of nitrogens with zero attached hydrogens (tertiary/aromatic N) is 1. The molecule has 1 aliphatic rings. The SMILES string of the molecule is CC1(C)CC(=O)c2sc(-c3cccc(C(F)F)c3)nc2C1. The fourth-order valence-electron chi connectivity index (χ4n) is 2.65. The van der Waals surface area contributed by atoms with Crippen LogP contribution in [0.5, 0.6) is 0 Å². The second-order valence-electron chi connectivity index (χ2n) is 6.16. The molecule has 0 radical (unpaired) electrons. The van der Waals surface area contributed by atoms with E-state index in [1.165, 1.54) is 23.5 Å². The molecule has 0 bridgehead atoms. The number of thiazole rings is 1. The molecule has 0 aliphatic heterocycles. The van der Waals surface area contributed by atoms with E-state index < -0.39 is 6.43 Å². The number of alkyl halides is 2. The van der Waals surface area contributed by atoms with E-state index in [4.69, 9.17) is 0 Å². The first-order valence-electron chi connectivity index (χ1n) is 6.77. The monoisotopic (exact) mass is 307 g/mol. The van der Waals surface area contributed by atoms with Crippen LogP contribution in [0.2, 0.25) is 0 Å². The molecule has 0 N–H and O–H groups in total. The van der Waals surface area contributed by atoms with E-state index in [0.29, 0.717) is 21.9 Å². The zero-order valence-electron chi connectivity index (χ0n) is 11.8. The van der Waals surface area contributed by atoms with Crippen LogP contribution in [0.4, 0.5) is 8.78 Å². The maximum Gasteiger partial charge on any atom is 0.263 e. The van der Waals surface area contributed by atoms with Crippen molar-refractivity contribution in [3.05, 3.63) is 40.4 Å². The van der Waals surface area contributed by atoms with Gasteiger partial charge in [0, 0.05) is 17.5 Å². The van der Waals surface area contributed by atoms with Gasteiger partial charge in [0.15, 0.2) is 5.78 Å². The van der Waals surface area contributed by atoms with Gasteiger partial charge in [0.1, 0.15) is 5.01 Å². The molecule has 0 saturated carbocycles. The van der Waals surface area contributed by atoms with E-state index >= 15 is 0 Å². The molecular formula is C16H15F2NOS. The minimum atomic E-state index is -2.50. The quantitative estimate of drug-likeness (QED) is 0.789. The first-order chi connectivity index (χ1) is 9.85. The molecule has 1 aromatic heterocycles. The van der Waals surface area contributed by atoms with Crippen molar-refractivity contribution in [1.29, 1.82) is 0 Å². The zero-order chi connectivity index (χ0) is 15.2. The summed E-state index contributed by atoms with van der Waals surface area (Å²) >= 11 is 1.31. The standard InChI is InChI=1S/C16H15F2NOS/c1-16(2)7-11-13(12(20)8-16)21-15(19-11)10-5-3-4-9(6-10)14(17)18/h3-6,14H,7-8H2,1-2H3. The minimum absolute atomic E-state index is 0.0210. The molecule has 21 heavy (non-hydrogen) atoms. The van der Waals surface area contributed by atoms with Crippen molar-refractivity contribution in [3.63, 3.8) is 0 Å². The van der Waals surface area contributed by atoms with Crippen LogP contribution in [0.1, 0.15) is 47.6 Å². The van der Waals surface area contributed by atoms with E-state index in [9.17, 15) is 13.6 Å². The Morgan fingerprint density at radius 3 is 2.76 bits per heavy atom. The van der Waals surface area contributed by atoms with Crippen molar-refractivity contribution in [3.8, 4) is 10.6 Å². The Morgan fingerprint density at radius 1 is 1.29 bits per heavy atom. The molecule has 3 rings (SSSR count). The van der Waals surface area contributed by atoms with Crippen LogP contribution in [-0.2, 0) is 6.42 Å². The van der Waals surface area contributed by atoms with Crippen molar-refractivity contribution in [1.82, 2.24) is 4.98 Å². The predicted molar refractivity (Wildman–Crippen MR) is 78.9 cm³/mol. The summed E-state index contributed by atoms with van der Waals surface area (Å²) in [5.41, 5.74) is 1.35. The zero-order valence-corrected chi connectivity index (χ0v) is 12.6. The second kappa shape index (κ2) is 4.98. The molecule has 0 saturated heterocycles. The summed E-state index contributed by atoms with van der Waals surface area (Å²) in [4.78, 5) is 17.4. The number of hydrogen-bond acceptors (Lipinski definition) is 3. The fraction of sp³-hybridized carbons (Fsp3) is 0.375. The molecule has 1 aliphatic carbocycles. The molecule has 2 nitrogen and oxygen atoms in total. The number of carbonyl (C=O) groups excluding carboxylic acids is 1. The van der Waals surface area contributed by atoms with Gasteiger partial charge in [-0.2, -0.15) is 0 Å². The number of rotatable bonds is 2. The third-order valence-corrected chi connectivity index (χ3v) is 4.81. The molecule has 1 aromatic carbocycles. The van der Waals surface area contributed by atoms with Crippen molar-refractivity contribution < 1.29 is 13.6 Å². The molecule has 1 heterocycles. The summed E-state index contributed by atoms with van der Waals surface area (Å²) in [5, 5.41) is 0.647.